The van der Waals surface area contributed by atoms with Crippen LogP contribution in [0.5, 0.6) is 11.5 Å². The van der Waals surface area contributed by atoms with Crippen molar-refractivity contribution in [3.63, 3.8) is 0 Å². The van der Waals surface area contributed by atoms with Gasteiger partial charge in [-0.15, -0.1) is 0 Å². The van der Waals surface area contributed by atoms with E-state index < -0.39 is 0 Å². The van der Waals surface area contributed by atoms with Crippen molar-refractivity contribution in [2.45, 2.75) is 12.8 Å². The number of piperidine rings is 1. The summed E-state index contributed by atoms with van der Waals surface area (Å²) in [5.74, 6) is 3.38. The summed E-state index contributed by atoms with van der Waals surface area (Å²) in [6, 6.07) is 29.0. The second kappa shape index (κ2) is 10.3. The molecule has 1 fully saturated rings. The van der Waals surface area contributed by atoms with E-state index in [9.17, 15) is 0 Å². The molecule has 0 amide bonds. The normalized spacial score (nSPS) is 14.1. The maximum Gasteiger partial charge on any atom is 0.139 e. The van der Waals surface area contributed by atoms with E-state index in [1.54, 1.807) is 0 Å². The Morgan fingerprint density at radius 3 is 2.44 bits per heavy atom. The van der Waals surface area contributed by atoms with Gasteiger partial charge in [0.15, 0.2) is 0 Å². The average molecular weight is 451 g/mol. The summed E-state index contributed by atoms with van der Waals surface area (Å²) in [4.78, 5) is 11.2. The molecule has 1 aliphatic rings. The Kier molecular flexibility index (Phi) is 6.56. The van der Waals surface area contributed by atoms with E-state index in [-0.39, 0.29) is 0 Å². The summed E-state index contributed by atoms with van der Waals surface area (Å²) in [5.41, 5.74) is 9.30. The number of rotatable bonds is 7. The van der Waals surface area contributed by atoms with Gasteiger partial charge in [-0.05, 0) is 66.8 Å². The fraction of sp³-hybridized carbons (Fsp3) is 0.214. The first-order valence-electron chi connectivity index (χ1n) is 11.6. The number of nitrogen functional groups attached to an aromatic ring is 1. The highest BCUT2D eigenvalue weighted by Gasteiger charge is 2.20. The second-order valence-corrected chi connectivity index (χ2v) is 8.49. The molecular formula is C28H28N5O. The minimum atomic E-state index is 0.462. The summed E-state index contributed by atoms with van der Waals surface area (Å²) >= 11 is 0. The minimum Gasteiger partial charge on any atom is -0.457 e. The molecule has 1 radical (unpaired) electrons. The predicted molar refractivity (Wildman–Crippen MR) is 137 cm³/mol. The molecule has 34 heavy (non-hydrogen) atoms. The lowest BCUT2D eigenvalue weighted by Crippen LogP contribution is -2.35. The van der Waals surface area contributed by atoms with Crippen LogP contribution in [0.3, 0.4) is 0 Å². The van der Waals surface area contributed by atoms with Crippen molar-refractivity contribution in [3.05, 3.63) is 91.3 Å². The molecule has 3 N–H and O–H groups in total. The molecule has 171 valence electrons. The second-order valence-electron chi connectivity index (χ2n) is 8.49. The molecule has 5 rings (SSSR count). The molecular weight excluding hydrogens is 422 g/mol. The summed E-state index contributed by atoms with van der Waals surface area (Å²) in [7, 11) is 0. The Labute approximate surface area is 200 Å². The van der Waals surface area contributed by atoms with Gasteiger partial charge in [-0.3, -0.25) is 0 Å². The molecule has 0 saturated carbocycles. The number of anilines is 3. The molecule has 1 aliphatic heterocycles. The van der Waals surface area contributed by atoms with E-state index in [1.807, 2.05) is 66.7 Å². The molecule has 2 heterocycles. The van der Waals surface area contributed by atoms with Gasteiger partial charge >= 0.3 is 0 Å². The number of hydrogen-bond acceptors (Lipinski definition) is 6. The van der Waals surface area contributed by atoms with Crippen LogP contribution in [-0.4, -0.2) is 29.6 Å². The highest BCUT2D eigenvalue weighted by atomic mass is 16.5. The van der Waals surface area contributed by atoms with Gasteiger partial charge in [0.25, 0.3) is 0 Å². The van der Waals surface area contributed by atoms with E-state index in [4.69, 9.17) is 10.5 Å². The predicted octanol–water partition coefficient (Wildman–Crippen LogP) is 5.65. The average Bonchev–Trinajstić information content (AvgIpc) is 2.90. The quantitative estimate of drug-likeness (QED) is 0.379. The third-order valence-electron chi connectivity index (χ3n) is 6.23. The monoisotopic (exact) mass is 450 g/mol. The Morgan fingerprint density at radius 1 is 0.941 bits per heavy atom. The Balaban J connectivity index is 1.23. The zero-order chi connectivity index (χ0) is 23.2. The molecule has 1 aromatic heterocycles. The molecule has 0 spiro atoms. The summed E-state index contributed by atoms with van der Waals surface area (Å²) in [6.45, 7) is 2.95. The highest BCUT2D eigenvalue weighted by molar-refractivity contribution is 5.83. The topological polar surface area (TPSA) is 76.3 Å². The molecule has 0 bridgehead atoms. The maximum absolute atomic E-state index is 6.27. The van der Waals surface area contributed by atoms with Gasteiger partial charge in [0.1, 0.15) is 29.5 Å². The van der Waals surface area contributed by atoms with E-state index >= 15 is 0 Å². The lowest BCUT2D eigenvalue weighted by atomic mass is 9.96. The third-order valence-corrected chi connectivity index (χ3v) is 6.23. The van der Waals surface area contributed by atoms with Crippen LogP contribution < -0.4 is 20.7 Å². The molecule has 4 aromatic rings. The lowest BCUT2D eigenvalue weighted by Gasteiger charge is -2.33. The molecule has 0 unspecified atom stereocenters. The molecule has 6 heteroatoms. The van der Waals surface area contributed by atoms with Crippen LogP contribution in [0.4, 0.5) is 17.3 Å². The first-order valence-corrected chi connectivity index (χ1v) is 11.6. The number of ether oxygens (including phenoxy) is 1. The summed E-state index contributed by atoms with van der Waals surface area (Å²) in [5, 5.41) is 3.54. The molecule has 6 nitrogen and oxygen atoms in total. The van der Waals surface area contributed by atoms with E-state index in [0.29, 0.717) is 11.7 Å². The Morgan fingerprint density at radius 2 is 1.71 bits per heavy atom. The zero-order valence-corrected chi connectivity index (χ0v) is 19.0. The summed E-state index contributed by atoms with van der Waals surface area (Å²) < 4.78 is 5.91. The zero-order valence-electron chi connectivity index (χ0n) is 19.0. The van der Waals surface area contributed by atoms with Crippen molar-refractivity contribution in [2.24, 2.45) is 5.92 Å². The number of nitrogens with two attached hydrogens (primary N) is 1. The van der Waals surface area contributed by atoms with Crippen molar-refractivity contribution < 1.29 is 4.74 Å². The Hall–Kier alpha value is -4.06. The largest absolute Gasteiger partial charge is 0.457 e. The standard InChI is InChI=1S/C28H28N5O/c29-27-26(22-11-13-25(14-12-22)34-24-9-5-2-6-10-24)28(32-20-31-27)30-19-21-15-17-33(18-16-21)23-7-3-1-4-8-23/h1-3,5-14,20-21H,15-19H2,(H3,29,30,31,32). The number of nitrogens with zero attached hydrogens (tertiary/aromatic N) is 3. The fourth-order valence-corrected chi connectivity index (χ4v) is 4.35. The molecule has 0 aliphatic carbocycles. The van der Waals surface area contributed by atoms with Crippen LogP contribution in [0.2, 0.25) is 0 Å². The smallest absolute Gasteiger partial charge is 0.139 e. The van der Waals surface area contributed by atoms with Crippen LogP contribution in [0.15, 0.2) is 85.2 Å². The van der Waals surface area contributed by atoms with E-state index in [0.717, 1.165) is 60.9 Å². The lowest BCUT2D eigenvalue weighted by molar-refractivity contribution is 0.423. The number of nitrogens with one attached hydrogen (secondary N) is 1. The number of aromatic nitrogens is 2. The van der Waals surface area contributed by atoms with E-state index in [2.05, 4.69) is 38.4 Å². The fourth-order valence-electron chi connectivity index (χ4n) is 4.35. The summed E-state index contributed by atoms with van der Waals surface area (Å²) in [6.07, 6.45) is 3.77. The van der Waals surface area contributed by atoms with Crippen molar-refractivity contribution in [3.8, 4) is 22.6 Å². The first-order chi connectivity index (χ1) is 16.8. The first kappa shape index (κ1) is 21.8. The van der Waals surface area contributed by atoms with Crippen LogP contribution in [0, 0.1) is 12.0 Å². The molecule has 1 saturated heterocycles. The van der Waals surface area contributed by atoms with Gasteiger partial charge in [0, 0.05) is 25.3 Å². The van der Waals surface area contributed by atoms with Gasteiger partial charge in [0.05, 0.1) is 5.56 Å². The SMILES string of the molecule is Nc1ncnc(NCC2CCN(c3c[c]ccc3)CC2)c1-c1ccc(Oc2ccccc2)cc1. The van der Waals surface area contributed by atoms with Crippen LogP contribution in [0.1, 0.15) is 12.8 Å². The van der Waals surface area contributed by atoms with Crippen molar-refractivity contribution >= 4 is 17.3 Å². The highest BCUT2D eigenvalue weighted by Crippen LogP contribution is 2.33. The molecule has 0 atom stereocenters. The Bertz CT molecular complexity index is 1190. The number of para-hydroxylation sites is 1. The number of hydrogen-bond donors (Lipinski definition) is 2. The van der Waals surface area contributed by atoms with Crippen LogP contribution >= 0.6 is 0 Å². The minimum absolute atomic E-state index is 0.462. The van der Waals surface area contributed by atoms with E-state index in [1.165, 1.54) is 12.0 Å². The van der Waals surface area contributed by atoms with Crippen molar-refractivity contribution in [1.29, 1.82) is 0 Å². The molecule has 3 aromatic carbocycles. The van der Waals surface area contributed by atoms with Crippen molar-refractivity contribution in [2.75, 3.05) is 35.6 Å². The van der Waals surface area contributed by atoms with Gasteiger partial charge in [-0.25, -0.2) is 9.97 Å². The van der Waals surface area contributed by atoms with Gasteiger partial charge in [-0.1, -0.05) is 42.5 Å². The van der Waals surface area contributed by atoms with Gasteiger partial charge in [-0.2, -0.15) is 0 Å². The third kappa shape index (κ3) is 5.12. The van der Waals surface area contributed by atoms with Gasteiger partial charge in [0.2, 0.25) is 0 Å². The van der Waals surface area contributed by atoms with Crippen LogP contribution in [-0.2, 0) is 0 Å². The van der Waals surface area contributed by atoms with Crippen molar-refractivity contribution in [1.82, 2.24) is 9.97 Å². The van der Waals surface area contributed by atoms with Gasteiger partial charge < -0.3 is 20.7 Å². The van der Waals surface area contributed by atoms with Crippen LogP contribution in [0.25, 0.3) is 11.1 Å². The number of benzene rings is 3. The maximum atomic E-state index is 6.27.